The smallest absolute Gasteiger partial charge is 0.262 e. The largest absolute Gasteiger partial charge is 0.486 e. The van der Waals surface area contributed by atoms with Gasteiger partial charge in [0, 0.05) is 18.7 Å². The highest BCUT2D eigenvalue weighted by Gasteiger charge is 2.22. The van der Waals surface area contributed by atoms with Crippen molar-refractivity contribution in [3.63, 3.8) is 0 Å². The number of benzene rings is 2. The minimum Gasteiger partial charge on any atom is -0.486 e. The first-order valence-corrected chi connectivity index (χ1v) is 11.7. The Morgan fingerprint density at radius 3 is 2.47 bits per heavy atom. The zero-order chi connectivity index (χ0) is 20.3. The topological polar surface area (TPSA) is 67.9 Å². The maximum Gasteiger partial charge on any atom is 0.262 e. The molecule has 0 bridgehead atoms. The number of para-hydroxylation sites is 1. The summed E-state index contributed by atoms with van der Waals surface area (Å²) in [7, 11) is -1.61. The standard InChI is InChI=1S/C22H28N2O4S.ClH/c1-24(18-8-3-2-4-9-18)16-17-7-5-6-10-20(17)23-29(25,26)19-11-12-21-22(15-19)28-14-13-27-21;/h5-7,10-12,15,18,23H,2-4,8-9,13-14,16H2,1H3;1H. The highest BCUT2D eigenvalue weighted by Crippen LogP contribution is 2.33. The Morgan fingerprint density at radius 2 is 1.70 bits per heavy atom. The first-order valence-electron chi connectivity index (χ1n) is 10.2. The molecule has 30 heavy (non-hydrogen) atoms. The molecule has 1 heterocycles. The van der Waals surface area contributed by atoms with Crippen LogP contribution < -0.4 is 14.2 Å². The number of nitrogens with zero attached hydrogens (tertiary/aromatic N) is 1. The van der Waals surface area contributed by atoms with Crippen LogP contribution in [0.25, 0.3) is 0 Å². The fourth-order valence-electron chi connectivity index (χ4n) is 4.07. The van der Waals surface area contributed by atoms with Gasteiger partial charge in [-0.1, -0.05) is 37.5 Å². The summed E-state index contributed by atoms with van der Waals surface area (Å²) in [5.74, 6) is 1.04. The first kappa shape index (κ1) is 22.7. The van der Waals surface area contributed by atoms with Gasteiger partial charge in [0.1, 0.15) is 13.2 Å². The van der Waals surface area contributed by atoms with E-state index >= 15 is 0 Å². The lowest BCUT2D eigenvalue weighted by atomic mass is 9.94. The first-order chi connectivity index (χ1) is 14.0. The minimum atomic E-state index is -3.73. The van der Waals surface area contributed by atoms with Gasteiger partial charge < -0.3 is 9.47 Å². The molecule has 4 rings (SSSR count). The number of hydrogen-bond donors (Lipinski definition) is 1. The van der Waals surface area contributed by atoms with Gasteiger partial charge >= 0.3 is 0 Å². The molecular weight excluding hydrogens is 424 g/mol. The summed E-state index contributed by atoms with van der Waals surface area (Å²) in [4.78, 5) is 2.51. The van der Waals surface area contributed by atoms with Gasteiger partial charge in [-0.05, 0) is 43.7 Å². The Balaban J connectivity index is 0.00000256. The SMILES string of the molecule is CN(Cc1ccccc1NS(=O)(=O)c1ccc2c(c1)OCCO2)C1CCCCC1.Cl. The molecular formula is C22H29ClN2O4S. The van der Waals surface area contributed by atoms with Gasteiger partial charge in [0.25, 0.3) is 10.0 Å². The summed E-state index contributed by atoms with van der Waals surface area (Å²) < 4.78 is 39.8. The summed E-state index contributed by atoms with van der Waals surface area (Å²) in [6, 6.07) is 12.9. The second-order valence-electron chi connectivity index (χ2n) is 7.78. The zero-order valence-electron chi connectivity index (χ0n) is 17.2. The van der Waals surface area contributed by atoms with Crippen LogP contribution in [0.5, 0.6) is 11.5 Å². The van der Waals surface area contributed by atoms with Gasteiger partial charge in [-0.2, -0.15) is 0 Å². The highest BCUT2D eigenvalue weighted by molar-refractivity contribution is 7.92. The van der Waals surface area contributed by atoms with Crippen molar-refractivity contribution < 1.29 is 17.9 Å². The Labute approximate surface area is 185 Å². The monoisotopic (exact) mass is 452 g/mol. The molecule has 0 spiro atoms. The van der Waals surface area contributed by atoms with E-state index in [-0.39, 0.29) is 17.3 Å². The Kier molecular flexibility index (Phi) is 7.50. The van der Waals surface area contributed by atoms with Crippen LogP contribution in [-0.2, 0) is 16.6 Å². The van der Waals surface area contributed by atoms with Gasteiger partial charge in [0.05, 0.1) is 10.6 Å². The molecule has 1 aliphatic heterocycles. The van der Waals surface area contributed by atoms with Gasteiger partial charge in [-0.25, -0.2) is 8.42 Å². The van der Waals surface area contributed by atoms with Crippen LogP contribution in [0, 0.1) is 0 Å². The molecule has 1 fully saturated rings. The lowest BCUT2D eigenvalue weighted by Crippen LogP contribution is -2.33. The van der Waals surface area contributed by atoms with Crippen LogP contribution in [0.3, 0.4) is 0 Å². The van der Waals surface area contributed by atoms with Crippen LogP contribution in [0.2, 0.25) is 0 Å². The average Bonchev–Trinajstić information content (AvgIpc) is 2.75. The molecule has 1 aliphatic carbocycles. The zero-order valence-corrected chi connectivity index (χ0v) is 18.8. The lowest BCUT2D eigenvalue weighted by Gasteiger charge is -2.31. The summed E-state index contributed by atoms with van der Waals surface area (Å²) in [6.07, 6.45) is 6.28. The molecule has 0 unspecified atom stereocenters. The molecule has 0 radical (unpaired) electrons. The van der Waals surface area contributed by atoms with E-state index in [1.54, 1.807) is 12.1 Å². The third-order valence-corrected chi connectivity index (χ3v) is 7.07. The van der Waals surface area contributed by atoms with Crippen molar-refractivity contribution in [3.05, 3.63) is 48.0 Å². The second-order valence-corrected chi connectivity index (χ2v) is 9.46. The Morgan fingerprint density at radius 1 is 1.00 bits per heavy atom. The van der Waals surface area contributed by atoms with Crippen LogP contribution in [0.4, 0.5) is 5.69 Å². The molecule has 2 aliphatic rings. The number of fused-ring (bicyclic) bond motifs is 1. The van der Waals surface area contributed by atoms with E-state index in [1.165, 1.54) is 38.2 Å². The summed E-state index contributed by atoms with van der Waals surface area (Å²) in [6.45, 7) is 1.60. The van der Waals surface area contributed by atoms with Gasteiger partial charge in [0.15, 0.2) is 11.5 Å². The highest BCUT2D eigenvalue weighted by atomic mass is 35.5. The third kappa shape index (κ3) is 5.20. The van der Waals surface area contributed by atoms with E-state index in [0.29, 0.717) is 43.0 Å². The van der Waals surface area contributed by atoms with Crippen molar-refractivity contribution in [2.45, 2.75) is 49.6 Å². The molecule has 164 valence electrons. The fraction of sp³-hybridized carbons (Fsp3) is 0.455. The number of anilines is 1. The number of ether oxygens (including phenoxy) is 2. The van der Waals surface area contributed by atoms with E-state index in [0.717, 1.165) is 5.56 Å². The quantitative estimate of drug-likeness (QED) is 0.701. The number of rotatable bonds is 6. The Hall–Kier alpha value is -1.96. The number of sulfonamides is 1. The Bertz CT molecular complexity index is 961. The van der Waals surface area contributed by atoms with Crippen LogP contribution in [0.15, 0.2) is 47.4 Å². The number of nitrogens with one attached hydrogen (secondary N) is 1. The third-order valence-electron chi connectivity index (χ3n) is 5.70. The normalized spacial score (nSPS) is 16.7. The maximum atomic E-state index is 13.0. The predicted molar refractivity (Wildman–Crippen MR) is 120 cm³/mol. The van der Waals surface area contributed by atoms with E-state index in [4.69, 9.17) is 9.47 Å². The van der Waals surface area contributed by atoms with E-state index in [1.807, 2.05) is 24.3 Å². The number of hydrogen-bond acceptors (Lipinski definition) is 5. The van der Waals surface area contributed by atoms with Crippen molar-refractivity contribution in [1.82, 2.24) is 4.90 Å². The maximum absolute atomic E-state index is 13.0. The average molecular weight is 453 g/mol. The molecule has 1 N–H and O–H groups in total. The molecule has 6 nitrogen and oxygen atoms in total. The lowest BCUT2D eigenvalue weighted by molar-refractivity contribution is 0.171. The predicted octanol–water partition coefficient (Wildman–Crippen LogP) is 4.44. The van der Waals surface area contributed by atoms with Crippen molar-refractivity contribution >= 4 is 28.1 Å². The van der Waals surface area contributed by atoms with Crippen molar-refractivity contribution in [1.29, 1.82) is 0 Å². The van der Waals surface area contributed by atoms with Crippen molar-refractivity contribution in [2.75, 3.05) is 25.0 Å². The summed E-state index contributed by atoms with van der Waals surface area (Å²) in [5, 5.41) is 0. The van der Waals surface area contributed by atoms with Crippen molar-refractivity contribution in [2.24, 2.45) is 0 Å². The fourth-order valence-corrected chi connectivity index (χ4v) is 5.19. The summed E-state index contributed by atoms with van der Waals surface area (Å²) in [5.41, 5.74) is 1.59. The second kappa shape index (κ2) is 9.90. The van der Waals surface area contributed by atoms with Gasteiger partial charge in [-0.3, -0.25) is 9.62 Å². The molecule has 0 saturated heterocycles. The van der Waals surface area contributed by atoms with E-state index in [9.17, 15) is 8.42 Å². The molecule has 0 amide bonds. The van der Waals surface area contributed by atoms with Crippen LogP contribution in [0.1, 0.15) is 37.7 Å². The molecule has 0 atom stereocenters. The minimum absolute atomic E-state index is 0. The van der Waals surface area contributed by atoms with Gasteiger partial charge in [-0.15, -0.1) is 12.4 Å². The van der Waals surface area contributed by atoms with Crippen molar-refractivity contribution in [3.8, 4) is 11.5 Å². The molecule has 8 heteroatoms. The van der Waals surface area contributed by atoms with Gasteiger partial charge in [0.2, 0.25) is 0 Å². The molecule has 0 aromatic heterocycles. The molecule has 2 aromatic rings. The van der Waals surface area contributed by atoms with E-state index < -0.39 is 10.0 Å². The molecule has 2 aromatic carbocycles. The molecule has 1 saturated carbocycles. The number of halogens is 1. The van der Waals surface area contributed by atoms with Crippen LogP contribution in [-0.4, -0.2) is 39.6 Å². The van der Waals surface area contributed by atoms with E-state index in [2.05, 4.69) is 16.7 Å². The van der Waals surface area contributed by atoms with Crippen LogP contribution >= 0.6 is 12.4 Å². The summed E-state index contributed by atoms with van der Waals surface area (Å²) >= 11 is 0.